The van der Waals surface area contributed by atoms with Crippen molar-refractivity contribution < 1.29 is 32.9 Å². The third-order valence-corrected chi connectivity index (χ3v) is 16.7. The summed E-state index contributed by atoms with van der Waals surface area (Å²) < 4.78 is 23.8. The molecular weight excluding hydrogens is 1010 g/mol. The van der Waals surface area contributed by atoms with E-state index >= 15 is 0 Å². The number of hydrogen-bond acceptors (Lipinski definition) is 5. The number of nitrogens with one attached hydrogen (secondary N) is 1. The predicted octanol–water partition coefficient (Wildman–Crippen LogP) is 22.0. The molecule has 0 saturated carbocycles. The Hall–Kier alpha value is -1.80. The van der Waals surface area contributed by atoms with Gasteiger partial charge in [-0.3, -0.25) is 13.8 Å². The first-order chi connectivity index (χ1) is 39.0. The molecule has 0 fully saturated rings. The zero-order chi connectivity index (χ0) is 58.4. The van der Waals surface area contributed by atoms with Gasteiger partial charge in [-0.1, -0.05) is 331 Å². The summed E-state index contributed by atoms with van der Waals surface area (Å²) in [6.07, 6.45) is 85.1. The highest BCUT2D eigenvalue weighted by Gasteiger charge is 2.28. The molecule has 0 aromatic carbocycles. The number of hydrogen-bond donors (Lipinski definition) is 3. The van der Waals surface area contributed by atoms with Gasteiger partial charge >= 0.3 is 7.82 Å². The minimum Gasteiger partial charge on any atom is -0.387 e. The Morgan fingerprint density at radius 1 is 0.438 bits per heavy atom. The Kier molecular flexibility index (Phi) is 60.4. The van der Waals surface area contributed by atoms with Crippen molar-refractivity contribution in [1.29, 1.82) is 0 Å². The van der Waals surface area contributed by atoms with Crippen LogP contribution in [-0.4, -0.2) is 73.4 Å². The van der Waals surface area contributed by atoms with Crippen LogP contribution >= 0.6 is 7.82 Å². The van der Waals surface area contributed by atoms with E-state index in [9.17, 15) is 19.4 Å². The van der Waals surface area contributed by atoms with Crippen molar-refractivity contribution in [3.63, 3.8) is 0 Å². The van der Waals surface area contributed by atoms with Crippen LogP contribution in [0.2, 0.25) is 0 Å². The topological polar surface area (TPSA) is 105 Å². The van der Waals surface area contributed by atoms with Crippen LogP contribution in [0.3, 0.4) is 0 Å². The summed E-state index contributed by atoms with van der Waals surface area (Å²) in [4.78, 5) is 23.4. The van der Waals surface area contributed by atoms with Crippen molar-refractivity contribution in [2.45, 2.75) is 347 Å². The maximum absolute atomic E-state index is 13.0. The lowest BCUT2D eigenvalue weighted by Crippen LogP contribution is -2.45. The van der Waals surface area contributed by atoms with E-state index in [1.807, 2.05) is 27.2 Å². The summed E-state index contributed by atoms with van der Waals surface area (Å²) in [6, 6.07) is -0.847. The number of aliphatic hydroxyl groups is 1. The smallest absolute Gasteiger partial charge is 0.387 e. The largest absolute Gasteiger partial charge is 0.472 e. The zero-order valence-electron chi connectivity index (χ0n) is 53.8. The van der Waals surface area contributed by atoms with Crippen LogP contribution in [0.4, 0.5) is 0 Å². The standard InChI is InChI=1S/C71H135N2O6P/c1-6-8-10-12-14-16-18-20-22-24-26-28-30-31-32-33-34-35-36-37-38-39-40-41-43-45-47-49-51-53-55-57-59-61-63-65-71(75)72-69(68-79-80(76,77)78-67-66-73(3,4)5)70(74)64-62-60-58-56-54-52-50-48-46-44-42-29-27-25-23-21-19-17-15-13-11-9-7-2/h8,10,14,16,20,22,26,28,62,64,69-70,74H,6-7,9,11-13,15,17-19,21,23-25,27,29-61,63,65-68H2,1-5H3,(H-,72,75,76,77)/p+1/b10-8-,16-14-,22-20-,28-26-,64-62+. The lowest BCUT2D eigenvalue weighted by molar-refractivity contribution is -0.870. The fourth-order valence-corrected chi connectivity index (χ4v) is 11.1. The SMILES string of the molecule is CC/C=C\C/C=C\C/C=C\C/C=C\CCCCCCCCCCCCCCCCCCCCCCCCC(=O)NC(COP(=O)(O)OCC[N+](C)(C)C)C(O)/C=C/CCCCCCCCCCCCCCCCCCCCCCC. The highest BCUT2D eigenvalue weighted by molar-refractivity contribution is 7.47. The molecule has 0 heterocycles. The van der Waals surface area contributed by atoms with Gasteiger partial charge in [0.1, 0.15) is 13.2 Å². The molecule has 0 saturated heterocycles. The van der Waals surface area contributed by atoms with Gasteiger partial charge in [0, 0.05) is 6.42 Å². The average Bonchev–Trinajstić information content (AvgIpc) is 3.42. The molecule has 3 N–H and O–H groups in total. The molecule has 3 atom stereocenters. The molecule has 0 aromatic rings. The first-order valence-corrected chi connectivity index (χ1v) is 36.2. The number of aliphatic hydroxyl groups excluding tert-OH is 1. The number of quaternary nitrogens is 1. The molecule has 8 nitrogen and oxygen atoms in total. The maximum atomic E-state index is 13.0. The Balaban J connectivity index is 4.01. The Labute approximate surface area is 498 Å². The summed E-state index contributed by atoms with van der Waals surface area (Å²) in [5.41, 5.74) is 0. The second kappa shape index (κ2) is 61.8. The quantitative estimate of drug-likeness (QED) is 0.0243. The van der Waals surface area contributed by atoms with Gasteiger partial charge in [-0.05, 0) is 57.8 Å². The van der Waals surface area contributed by atoms with Crippen LogP contribution in [-0.2, 0) is 18.4 Å². The van der Waals surface area contributed by atoms with E-state index in [0.717, 1.165) is 64.2 Å². The number of allylic oxidation sites excluding steroid dienone is 9. The molecule has 9 heteroatoms. The predicted molar refractivity (Wildman–Crippen MR) is 350 cm³/mol. The van der Waals surface area contributed by atoms with E-state index in [4.69, 9.17) is 9.05 Å². The number of carbonyl (C=O) groups is 1. The van der Waals surface area contributed by atoms with Crippen molar-refractivity contribution in [3.05, 3.63) is 60.8 Å². The molecule has 80 heavy (non-hydrogen) atoms. The van der Waals surface area contributed by atoms with E-state index in [1.165, 1.54) is 250 Å². The maximum Gasteiger partial charge on any atom is 0.472 e. The number of rotatable bonds is 64. The monoisotopic (exact) mass is 1140 g/mol. The van der Waals surface area contributed by atoms with E-state index in [-0.39, 0.29) is 19.1 Å². The van der Waals surface area contributed by atoms with Gasteiger partial charge in [0.15, 0.2) is 0 Å². The van der Waals surface area contributed by atoms with Gasteiger partial charge < -0.3 is 19.8 Å². The summed E-state index contributed by atoms with van der Waals surface area (Å²) in [7, 11) is 1.59. The molecule has 0 aliphatic heterocycles. The molecule has 0 spiro atoms. The summed E-state index contributed by atoms with van der Waals surface area (Å²) in [5, 5.41) is 14.0. The molecule has 0 aliphatic rings. The molecule has 0 aromatic heterocycles. The lowest BCUT2D eigenvalue weighted by Gasteiger charge is -2.25. The Bertz CT molecular complexity index is 1490. The minimum absolute atomic E-state index is 0.0627. The van der Waals surface area contributed by atoms with Crippen molar-refractivity contribution in [2.24, 2.45) is 0 Å². The summed E-state index contributed by atoms with van der Waals surface area (Å²) >= 11 is 0. The third kappa shape index (κ3) is 63.8. The molecule has 0 radical (unpaired) electrons. The number of carbonyl (C=O) groups excluding carboxylic acids is 1. The summed E-state index contributed by atoms with van der Waals surface area (Å²) in [5.74, 6) is -0.171. The van der Waals surface area contributed by atoms with Gasteiger partial charge in [-0.25, -0.2) is 4.57 Å². The highest BCUT2D eigenvalue weighted by atomic mass is 31.2. The first-order valence-electron chi connectivity index (χ1n) is 34.7. The molecule has 0 aliphatic carbocycles. The van der Waals surface area contributed by atoms with Crippen LogP contribution in [0, 0.1) is 0 Å². The van der Waals surface area contributed by atoms with Crippen LogP contribution < -0.4 is 5.32 Å². The van der Waals surface area contributed by atoms with Crippen molar-refractivity contribution >= 4 is 13.7 Å². The third-order valence-electron chi connectivity index (χ3n) is 15.7. The number of phosphoric acid groups is 1. The second-order valence-corrected chi connectivity index (χ2v) is 26.3. The molecule has 0 rings (SSSR count). The van der Waals surface area contributed by atoms with E-state index in [2.05, 4.69) is 67.8 Å². The van der Waals surface area contributed by atoms with Crippen molar-refractivity contribution in [3.8, 4) is 0 Å². The molecule has 0 bridgehead atoms. The van der Waals surface area contributed by atoms with Gasteiger partial charge in [0.2, 0.25) is 5.91 Å². The number of likely N-dealkylation sites (N-methyl/N-ethyl adjacent to an activating group) is 1. The molecular formula is C71H136N2O6P+. The van der Waals surface area contributed by atoms with Gasteiger partial charge in [0.05, 0.1) is 39.9 Å². The number of phosphoric ester groups is 1. The molecule has 470 valence electrons. The number of amides is 1. The van der Waals surface area contributed by atoms with Crippen LogP contribution in [0.1, 0.15) is 335 Å². The van der Waals surface area contributed by atoms with Crippen molar-refractivity contribution in [1.82, 2.24) is 5.32 Å². The highest BCUT2D eigenvalue weighted by Crippen LogP contribution is 2.43. The fraction of sp³-hybridized carbons (Fsp3) is 0.845. The van der Waals surface area contributed by atoms with Crippen LogP contribution in [0.5, 0.6) is 0 Å². The molecule has 1 amide bonds. The van der Waals surface area contributed by atoms with E-state index in [1.54, 1.807) is 6.08 Å². The Morgan fingerprint density at radius 3 is 1.10 bits per heavy atom. The second-order valence-electron chi connectivity index (χ2n) is 24.9. The van der Waals surface area contributed by atoms with Crippen LogP contribution in [0.15, 0.2) is 60.8 Å². The number of nitrogens with zero attached hydrogens (tertiary/aromatic N) is 1. The normalized spacial score (nSPS) is 14.0. The number of unbranched alkanes of at least 4 members (excludes halogenated alkanes) is 43. The van der Waals surface area contributed by atoms with Crippen molar-refractivity contribution in [2.75, 3.05) is 40.9 Å². The van der Waals surface area contributed by atoms with Gasteiger partial charge in [0.25, 0.3) is 0 Å². The minimum atomic E-state index is -4.35. The zero-order valence-corrected chi connectivity index (χ0v) is 54.7. The van der Waals surface area contributed by atoms with E-state index < -0.39 is 20.0 Å². The van der Waals surface area contributed by atoms with E-state index in [0.29, 0.717) is 17.4 Å². The molecule has 3 unspecified atom stereocenters. The fourth-order valence-electron chi connectivity index (χ4n) is 10.4. The van der Waals surface area contributed by atoms with Gasteiger partial charge in [-0.2, -0.15) is 0 Å². The lowest BCUT2D eigenvalue weighted by atomic mass is 10.0. The first kappa shape index (κ1) is 78.2. The Morgan fingerprint density at radius 2 is 0.750 bits per heavy atom. The van der Waals surface area contributed by atoms with Crippen LogP contribution in [0.25, 0.3) is 0 Å². The van der Waals surface area contributed by atoms with Gasteiger partial charge in [-0.15, -0.1) is 0 Å². The average molecular weight is 1140 g/mol. The summed E-state index contributed by atoms with van der Waals surface area (Å²) in [6.45, 7) is 4.75.